The Morgan fingerprint density at radius 2 is 2.04 bits per heavy atom. The van der Waals surface area contributed by atoms with Crippen LogP contribution in [-0.2, 0) is 9.59 Å². The van der Waals surface area contributed by atoms with Crippen molar-refractivity contribution >= 4 is 29.4 Å². The maximum Gasteiger partial charge on any atom is 0.326 e. The van der Waals surface area contributed by atoms with Gasteiger partial charge in [-0.2, -0.15) is 0 Å². The molecule has 0 saturated heterocycles. The van der Waals surface area contributed by atoms with Crippen LogP contribution in [0, 0.1) is 0 Å². The second kappa shape index (κ2) is 8.38. The third-order valence-corrected chi connectivity index (χ3v) is 3.52. The first kappa shape index (κ1) is 18.8. The van der Waals surface area contributed by atoms with Crippen LogP contribution in [0.3, 0.4) is 0 Å². The number of carbonyl (C=O) groups excluding carboxylic acids is 2. The first-order valence-corrected chi connectivity index (χ1v) is 7.27. The van der Waals surface area contributed by atoms with Gasteiger partial charge in [-0.25, -0.2) is 4.79 Å². The molecule has 1 aromatic carbocycles. The van der Waals surface area contributed by atoms with E-state index in [2.05, 4.69) is 5.32 Å². The minimum atomic E-state index is -1.14. The van der Waals surface area contributed by atoms with E-state index in [1.54, 1.807) is 0 Å². The Bertz CT molecular complexity index is 606. The highest BCUT2D eigenvalue weighted by Crippen LogP contribution is 2.25. The molecule has 0 heterocycles. The second-order valence-corrected chi connectivity index (χ2v) is 5.25. The highest BCUT2D eigenvalue weighted by molar-refractivity contribution is 6.32. The number of methoxy groups -OCH3 is 1. The van der Waals surface area contributed by atoms with Gasteiger partial charge in [0.15, 0.2) is 0 Å². The van der Waals surface area contributed by atoms with Gasteiger partial charge >= 0.3 is 5.97 Å². The second-order valence-electron chi connectivity index (χ2n) is 4.85. The van der Waals surface area contributed by atoms with Gasteiger partial charge in [-0.15, -0.1) is 0 Å². The minimum Gasteiger partial charge on any atom is -0.495 e. The summed E-state index contributed by atoms with van der Waals surface area (Å²) in [6.07, 6.45) is 0. The molecule has 0 bridgehead atoms. The van der Waals surface area contributed by atoms with Gasteiger partial charge in [-0.05, 0) is 25.1 Å². The molecule has 1 rings (SSSR count). The van der Waals surface area contributed by atoms with Gasteiger partial charge in [0, 0.05) is 25.6 Å². The van der Waals surface area contributed by atoms with E-state index in [0.29, 0.717) is 10.8 Å². The quantitative estimate of drug-likeness (QED) is 0.780. The number of nitrogens with one attached hydrogen (secondary N) is 1. The lowest BCUT2D eigenvalue weighted by Gasteiger charge is -2.27. The molecule has 0 aliphatic heterocycles. The Hall–Kier alpha value is -2.28. The van der Waals surface area contributed by atoms with Gasteiger partial charge in [-0.3, -0.25) is 9.59 Å². The molecule has 0 radical (unpaired) electrons. The summed E-state index contributed by atoms with van der Waals surface area (Å²) in [5.41, 5.74) is 0.252. The van der Waals surface area contributed by atoms with E-state index in [0.717, 1.165) is 0 Å². The van der Waals surface area contributed by atoms with E-state index in [1.807, 2.05) is 0 Å². The lowest BCUT2D eigenvalue weighted by Crippen LogP contribution is -2.46. The molecule has 0 spiro atoms. The molecule has 2 N–H and O–H groups in total. The number of rotatable bonds is 7. The third kappa shape index (κ3) is 5.14. The number of carboxylic acid groups (broad SMARTS) is 1. The Labute approximate surface area is 139 Å². The number of hydrogen-bond donors (Lipinski definition) is 2. The summed E-state index contributed by atoms with van der Waals surface area (Å²) in [7, 11) is 1.42. The molecule has 0 fully saturated rings. The van der Waals surface area contributed by atoms with E-state index >= 15 is 0 Å². The minimum absolute atomic E-state index is 0.0663. The SMILES string of the molecule is COc1cc(C(=O)N(CCNC(C)=O)C(C)C(=O)O)ccc1Cl. The highest BCUT2D eigenvalue weighted by Gasteiger charge is 2.26. The number of carboxylic acids is 1. The molecule has 1 aromatic rings. The lowest BCUT2D eigenvalue weighted by molar-refractivity contribution is -0.141. The summed E-state index contributed by atoms with van der Waals surface area (Å²) in [6.45, 7) is 2.97. The van der Waals surface area contributed by atoms with Crippen LogP contribution in [0.5, 0.6) is 5.75 Å². The number of aliphatic carboxylic acids is 1. The van der Waals surface area contributed by atoms with Crippen LogP contribution in [0.2, 0.25) is 5.02 Å². The van der Waals surface area contributed by atoms with Crippen molar-refractivity contribution in [1.82, 2.24) is 10.2 Å². The van der Waals surface area contributed by atoms with Crippen molar-refractivity contribution in [3.05, 3.63) is 28.8 Å². The zero-order valence-corrected chi connectivity index (χ0v) is 13.9. The van der Waals surface area contributed by atoms with Crippen LogP contribution in [0.1, 0.15) is 24.2 Å². The van der Waals surface area contributed by atoms with Gasteiger partial charge in [0.2, 0.25) is 5.91 Å². The summed E-state index contributed by atoms with van der Waals surface area (Å²) in [5.74, 6) is -1.56. The molecular formula is C15H19ClN2O5. The molecule has 23 heavy (non-hydrogen) atoms. The molecule has 8 heteroatoms. The Morgan fingerprint density at radius 3 is 2.57 bits per heavy atom. The summed E-state index contributed by atoms with van der Waals surface area (Å²) in [6, 6.07) is 3.40. The van der Waals surface area contributed by atoms with Gasteiger partial charge in [0.05, 0.1) is 12.1 Å². The van der Waals surface area contributed by atoms with Crippen LogP contribution < -0.4 is 10.1 Å². The predicted octanol–water partition coefficient (Wildman–Crippen LogP) is 1.40. The number of amides is 2. The van der Waals surface area contributed by atoms with Crippen LogP contribution in [0.4, 0.5) is 0 Å². The fraction of sp³-hybridized carbons (Fsp3) is 0.400. The molecule has 0 aromatic heterocycles. The normalized spacial score (nSPS) is 11.5. The Morgan fingerprint density at radius 1 is 1.39 bits per heavy atom. The lowest BCUT2D eigenvalue weighted by atomic mass is 10.1. The topological polar surface area (TPSA) is 95.9 Å². The molecule has 0 saturated carbocycles. The number of ether oxygens (including phenoxy) is 1. The number of benzene rings is 1. The monoisotopic (exact) mass is 342 g/mol. The first-order chi connectivity index (χ1) is 10.8. The van der Waals surface area contributed by atoms with Gasteiger partial charge < -0.3 is 20.1 Å². The predicted molar refractivity (Wildman–Crippen MR) is 84.8 cm³/mol. The van der Waals surface area contributed by atoms with Crippen molar-refractivity contribution in [2.45, 2.75) is 19.9 Å². The van der Waals surface area contributed by atoms with Crippen LogP contribution in [0.25, 0.3) is 0 Å². The third-order valence-electron chi connectivity index (χ3n) is 3.21. The van der Waals surface area contributed by atoms with Crippen molar-refractivity contribution in [1.29, 1.82) is 0 Å². The Balaban J connectivity index is 3.02. The zero-order valence-electron chi connectivity index (χ0n) is 13.1. The molecule has 2 amide bonds. The summed E-state index contributed by atoms with van der Waals surface area (Å²) < 4.78 is 5.06. The number of carbonyl (C=O) groups is 3. The molecule has 126 valence electrons. The summed E-state index contributed by atoms with van der Waals surface area (Å²) in [4.78, 5) is 35.9. The van der Waals surface area contributed by atoms with E-state index in [9.17, 15) is 19.5 Å². The van der Waals surface area contributed by atoms with E-state index in [-0.39, 0.29) is 24.6 Å². The van der Waals surface area contributed by atoms with Crippen molar-refractivity contribution in [3.63, 3.8) is 0 Å². The first-order valence-electron chi connectivity index (χ1n) is 6.89. The van der Waals surface area contributed by atoms with Crippen LogP contribution in [0.15, 0.2) is 18.2 Å². The molecule has 1 atom stereocenters. The van der Waals surface area contributed by atoms with E-state index in [4.69, 9.17) is 16.3 Å². The van der Waals surface area contributed by atoms with E-state index < -0.39 is 17.9 Å². The van der Waals surface area contributed by atoms with E-state index in [1.165, 1.54) is 44.1 Å². The number of nitrogens with zero attached hydrogens (tertiary/aromatic N) is 1. The van der Waals surface area contributed by atoms with Crippen molar-refractivity contribution in [2.75, 3.05) is 20.2 Å². The molecular weight excluding hydrogens is 324 g/mol. The number of halogens is 1. The smallest absolute Gasteiger partial charge is 0.326 e. The average Bonchev–Trinajstić information content (AvgIpc) is 2.50. The van der Waals surface area contributed by atoms with Crippen molar-refractivity contribution in [3.8, 4) is 5.75 Å². The molecule has 7 nitrogen and oxygen atoms in total. The van der Waals surface area contributed by atoms with Crippen molar-refractivity contribution < 1.29 is 24.2 Å². The number of hydrogen-bond acceptors (Lipinski definition) is 4. The molecule has 0 aliphatic carbocycles. The molecule has 0 aliphatic rings. The van der Waals surface area contributed by atoms with Gasteiger partial charge in [0.25, 0.3) is 5.91 Å². The maximum atomic E-state index is 12.6. The largest absolute Gasteiger partial charge is 0.495 e. The maximum absolute atomic E-state index is 12.6. The van der Waals surface area contributed by atoms with Crippen LogP contribution >= 0.6 is 11.6 Å². The zero-order chi connectivity index (χ0) is 17.6. The molecule has 1 unspecified atom stereocenters. The van der Waals surface area contributed by atoms with Gasteiger partial charge in [-0.1, -0.05) is 11.6 Å². The fourth-order valence-electron chi connectivity index (χ4n) is 1.92. The fourth-order valence-corrected chi connectivity index (χ4v) is 2.11. The standard InChI is InChI=1S/C15H19ClN2O5/c1-9(15(21)22)18(7-6-17-10(2)19)14(20)11-4-5-12(16)13(8-11)23-3/h4-5,8-9H,6-7H2,1-3H3,(H,17,19)(H,21,22). The summed E-state index contributed by atoms with van der Waals surface area (Å²) >= 11 is 5.92. The average molecular weight is 343 g/mol. The van der Waals surface area contributed by atoms with Crippen LogP contribution in [-0.4, -0.2) is 54.0 Å². The highest BCUT2D eigenvalue weighted by atomic mass is 35.5. The van der Waals surface area contributed by atoms with Crippen molar-refractivity contribution in [2.24, 2.45) is 0 Å². The van der Waals surface area contributed by atoms with Gasteiger partial charge in [0.1, 0.15) is 11.8 Å². The summed E-state index contributed by atoms with van der Waals surface area (Å²) in [5, 5.41) is 12.1. The Kier molecular flexibility index (Phi) is 6.84.